The van der Waals surface area contributed by atoms with E-state index in [1.54, 1.807) is 0 Å². The normalized spacial score (nSPS) is 16.9. The van der Waals surface area contributed by atoms with E-state index in [0.717, 1.165) is 11.5 Å². The molecule has 1 aromatic carbocycles. The maximum Gasteiger partial charge on any atom is 0.0681 e. The van der Waals surface area contributed by atoms with Crippen LogP contribution in [0.25, 0.3) is 0 Å². The monoisotopic (exact) mass is 236 g/mol. The SMILES string of the molecule is Cc1cc(CO)ccc1SCC1CCCC1. The van der Waals surface area contributed by atoms with Gasteiger partial charge in [-0.3, -0.25) is 0 Å². The number of aryl methyl sites for hydroxylation is 1. The molecule has 1 fully saturated rings. The summed E-state index contributed by atoms with van der Waals surface area (Å²) in [4.78, 5) is 1.38. The van der Waals surface area contributed by atoms with E-state index in [4.69, 9.17) is 5.11 Å². The van der Waals surface area contributed by atoms with E-state index in [9.17, 15) is 0 Å². The van der Waals surface area contributed by atoms with Crippen LogP contribution >= 0.6 is 11.8 Å². The molecule has 16 heavy (non-hydrogen) atoms. The van der Waals surface area contributed by atoms with Gasteiger partial charge in [0.25, 0.3) is 0 Å². The zero-order chi connectivity index (χ0) is 11.4. The molecule has 0 radical (unpaired) electrons. The molecule has 88 valence electrons. The van der Waals surface area contributed by atoms with Crippen LogP contribution in [0.15, 0.2) is 23.1 Å². The minimum absolute atomic E-state index is 0.147. The molecule has 0 aromatic heterocycles. The molecule has 2 rings (SSSR count). The van der Waals surface area contributed by atoms with Crippen molar-refractivity contribution in [3.05, 3.63) is 29.3 Å². The van der Waals surface area contributed by atoms with E-state index in [1.165, 1.54) is 41.9 Å². The number of benzene rings is 1. The van der Waals surface area contributed by atoms with E-state index in [-0.39, 0.29) is 6.61 Å². The third-order valence-corrected chi connectivity index (χ3v) is 4.78. The van der Waals surface area contributed by atoms with Gasteiger partial charge in [-0.25, -0.2) is 0 Å². The van der Waals surface area contributed by atoms with Crippen molar-refractivity contribution in [2.45, 2.75) is 44.1 Å². The van der Waals surface area contributed by atoms with Crippen LogP contribution in [0.1, 0.15) is 36.8 Å². The number of hydrogen-bond acceptors (Lipinski definition) is 2. The van der Waals surface area contributed by atoms with Crippen LogP contribution in [0.2, 0.25) is 0 Å². The lowest BCUT2D eigenvalue weighted by molar-refractivity contribution is 0.281. The van der Waals surface area contributed by atoms with Crippen LogP contribution in [-0.2, 0) is 6.61 Å². The molecule has 0 aliphatic heterocycles. The summed E-state index contributed by atoms with van der Waals surface area (Å²) in [5.74, 6) is 2.20. The lowest BCUT2D eigenvalue weighted by Crippen LogP contribution is -1.97. The van der Waals surface area contributed by atoms with Gasteiger partial charge in [0, 0.05) is 10.6 Å². The maximum atomic E-state index is 9.05. The van der Waals surface area contributed by atoms with Gasteiger partial charge in [0.1, 0.15) is 0 Å². The highest BCUT2D eigenvalue weighted by Crippen LogP contribution is 2.32. The Kier molecular flexibility index (Phi) is 4.30. The lowest BCUT2D eigenvalue weighted by Gasteiger charge is -2.10. The number of aliphatic hydroxyl groups excluding tert-OH is 1. The van der Waals surface area contributed by atoms with Crippen molar-refractivity contribution >= 4 is 11.8 Å². The van der Waals surface area contributed by atoms with Crippen LogP contribution < -0.4 is 0 Å². The summed E-state index contributed by atoms with van der Waals surface area (Å²) in [6, 6.07) is 6.28. The average molecular weight is 236 g/mol. The van der Waals surface area contributed by atoms with Gasteiger partial charge >= 0.3 is 0 Å². The van der Waals surface area contributed by atoms with Crippen molar-refractivity contribution in [1.29, 1.82) is 0 Å². The highest BCUT2D eigenvalue weighted by molar-refractivity contribution is 7.99. The molecule has 1 saturated carbocycles. The van der Waals surface area contributed by atoms with E-state index in [1.807, 2.05) is 17.8 Å². The first kappa shape index (κ1) is 12.0. The van der Waals surface area contributed by atoms with E-state index in [0.29, 0.717) is 0 Å². The topological polar surface area (TPSA) is 20.2 Å². The van der Waals surface area contributed by atoms with Gasteiger partial charge in [0.15, 0.2) is 0 Å². The Bertz CT molecular complexity index is 343. The van der Waals surface area contributed by atoms with Crippen molar-refractivity contribution in [2.75, 3.05) is 5.75 Å². The number of hydrogen-bond donors (Lipinski definition) is 1. The van der Waals surface area contributed by atoms with Crippen molar-refractivity contribution < 1.29 is 5.11 Å². The largest absolute Gasteiger partial charge is 0.392 e. The summed E-state index contributed by atoms with van der Waals surface area (Å²) in [6.07, 6.45) is 5.68. The minimum Gasteiger partial charge on any atom is -0.392 e. The molecule has 2 heteroatoms. The van der Waals surface area contributed by atoms with Crippen LogP contribution in [0, 0.1) is 12.8 Å². The first-order valence-electron chi connectivity index (χ1n) is 6.13. The molecule has 0 heterocycles. The molecule has 1 aliphatic rings. The quantitative estimate of drug-likeness (QED) is 0.803. The van der Waals surface area contributed by atoms with E-state index >= 15 is 0 Å². The fraction of sp³-hybridized carbons (Fsp3) is 0.571. The van der Waals surface area contributed by atoms with Crippen LogP contribution in [0.5, 0.6) is 0 Å². The van der Waals surface area contributed by atoms with Crippen LogP contribution in [0.3, 0.4) is 0 Å². The van der Waals surface area contributed by atoms with Crippen LogP contribution in [0.4, 0.5) is 0 Å². The van der Waals surface area contributed by atoms with Crippen molar-refractivity contribution in [3.8, 4) is 0 Å². The second-order valence-electron chi connectivity index (χ2n) is 4.72. The third kappa shape index (κ3) is 3.02. The molecule has 1 N–H and O–H groups in total. The second-order valence-corrected chi connectivity index (χ2v) is 5.78. The Morgan fingerprint density at radius 3 is 2.69 bits per heavy atom. The molecule has 0 spiro atoms. The van der Waals surface area contributed by atoms with Gasteiger partial charge in [-0.05, 0) is 42.9 Å². The Labute approximate surface area is 102 Å². The van der Waals surface area contributed by atoms with Gasteiger partial charge in [-0.2, -0.15) is 0 Å². The van der Waals surface area contributed by atoms with E-state index in [2.05, 4.69) is 19.1 Å². The van der Waals surface area contributed by atoms with E-state index < -0.39 is 0 Å². The molecule has 0 amide bonds. The summed E-state index contributed by atoms with van der Waals surface area (Å²) in [5, 5.41) is 9.05. The molecule has 1 aliphatic carbocycles. The zero-order valence-corrected chi connectivity index (χ0v) is 10.7. The predicted molar refractivity (Wildman–Crippen MR) is 69.8 cm³/mol. The molecule has 0 unspecified atom stereocenters. The average Bonchev–Trinajstić information content (AvgIpc) is 2.80. The van der Waals surface area contributed by atoms with Crippen LogP contribution in [-0.4, -0.2) is 10.9 Å². The molecule has 0 bridgehead atoms. The maximum absolute atomic E-state index is 9.05. The Morgan fingerprint density at radius 1 is 1.31 bits per heavy atom. The molecule has 1 nitrogen and oxygen atoms in total. The van der Waals surface area contributed by atoms with Gasteiger partial charge in [-0.15, -0.1) is 11.8 Å². The predicted octanol–water partition coefficient (Wildman–Crippen LogP) is 3.77. The highest BCUT2D eigenvalue weighted by Gasteiger charge is 2.15. The van der Waals surface area contributed by atoms with Crippen molar-refractivity contribution in [2.24, 2.45) is 5.92 Å². The Morgan fingerprint density at radius 2 is 2.06 bits per heavy atom. The second kappa shape index (κ2) is 5.74. The summed E-state index contributed by atoms with van der Waals surface area (Å²) in [7, 11) is 0. The highest BCUT2D eigenvalue weighted by atomic mass is 32.2. The summed E-state index contributed by atoms with van der Waals surface area (Å²) in [5.41, 5.74) is 2.32. The molecule has 0 atom stereocenters. The van der Waals surface area contributed by atoms with Crippen molar-refractivity contribution in [3.63, 3.8) is 0 Å². The van der Waals surface area contributed by atoms with Gasteiger partial charge in [0.2, 0.25) is 0 Å². The number of thioether (sulfide) groups is 1. The fourth-order valence-electron chi connectivity index (χ4n) is 2.36. The van der Waals surface area contributed by atoms with Gasteiger partial charge in [0.05, 0.1) is 6.61 Å². The Hall–Kier alpha value is -0.470. The number of aliphatic hydroxyl groups is 1. The first-order valence-corrected chi connectivity index (χ1v) is 7.11. The molecule has 1 aromatic rings. The first-order chi connectivity index (χ1) is 7.79. The summed E-state index contributed by atoms with van der Waals surface area (Å²) in [6.45, 7) is 2.28. The zero-order valence-electron chi connectivity index (χ0n) is 9.91. The van der Waals surface area contributed by atoms with Gasteiger partial charge < -0.3 is 5.11 Å². The Balaban J connectivity index is 1.93. The molecular weight excluding hydrogens is 216 g/mol. The fourth-order valence-corrected chi connectivity index (χ4v) is 3.56. The lowest BCUT2D eigenvalue weighted by atomic mass is 10.1. The third-order valence-electron chi connectivity index (χ3n) is 3.37. The standard InChI is InChI=1S/C14H20OS/c1-11-8-13(9-15)6-7-14(11)16-10-12-4-2-3-5-12/h6-8,12,15H,2-5,9-10H2,1H3. The number of rotatable bonds is 4. The smallest absolute Gasteiger partial charge is 0.0681 e. The summed E-state index contributed by atoms with van der Waals surface area (Å²) < 4.78 is 0. The molecule has 0 saturated heterocycles. The minimum atomic E-state index is 0.147. The summed E-state index contributed by atoms with van der Waals surface area (Å²) >= 11 is 1.98. The molecular formula is C14H20OS. The van der Waals surface area contributed by atoms with Gasteiger partial charge in [-0.1, -0.05) is 25.0 Å². The van der Waals surface area contributed by atoms with Crippen molar-refractivity contribution in [1.82, 2.24) is 0 Å².